The van der Waals surface area contributed by atoms with Crippen molar-refractivity contribution in [3.05, 3.63) is 59.7 Å². The Morgan fingerprint density at radius 3 is 1.93 bits per heavy atom. The number of carbonyl (C=O) groups is 2. The number of aliphatic hydroxyl groups excluding tert-OH is 2. The summed E-state index contributed by atoms with van der Waals surface area (Å²) < 4.78 is 21.8. The lowest BCUT2D eigenvalue weighted by Crippen LogP contribution is -2.25. The van der Waals surface area contributed by atoms with Crippen molar-refractivity contribution in [3.8, 4) is 29.1 Å². The Bertz CT molecular complexity index is 1470. The van der Waals surface area contributed by atoms with Crippen LogP contribution in [0.1, 0.15) is 165 Å². The molecule has 0 radical (unpaired) electrons. The highest BCUT2D eigenvalue weighted by atomic mass is 17.1. The molecular weight excluding hydrogens is 785 g/mol. The lowest BCUT2D eigenvalue weighted by molar-refractivity contribution is -0.192. The van der Waals surface area contributed by atoms with Crippen LogP contribution >= 0.6 is 0 Å². The monoisotopic (exact) mass is 863 g/mol. The number of phenolic OH excluding ortho intramolecular Hbond substituents is 1. The molecule has 1 fully saturated rings. The van der Waals surface area contributed by atoms with Gasteiger partial charge < -0.3 is 49.1 Å². The molecule has 0 bridgehead atoms. The summed E-state index contributed by atoms with van der Waals surface area (Å²) in [4.78, 5) is 27.1. The first-order valence-electron chi connectivity index (χ1n) is 21.4. The number of hydrogen-bond acceptors (Lipinski definition) is 14. The van der Waals surface area contributed by atoms with Crippen LogP contribution in [-0.4, -0.2) is 90.0 Å². The van der Waals surface area contributed by atoms with Crippen LogP contribution in [0.4, 0.5) is 0 Å². The minimum Gasteiger partial charge on any atom is -0.504 e. The summed E-state index contributed by atoms with van der Waals surface area (Å²) in [6, 6.07) is 11.9. The molecular formula is C47H78N2O12. The van der Waals surface area contributed by atoms with Crippen LogP contribution in [0.3, 0.4) is 0 Å². The number of ketones is 1. The lowest BCUT2D eigenvalue weighted by atomic mass is 10.00. The number of methoxy groups -OCH3 is 2. The number of aliphatic hydroxyl groups is 3. The summed E-state index contributed by atoms with van der Waals surface area (Å²) in [5, 5.41) is 51.5. The van der Waals surface area contributed by atoms with E-state index in [1.165, 1.54) is 89.5 Å². The molecule has 348 valence electrons. The highest BCUT2D eigenvalue weighted by molar-refractivity contribution is 5.99. The second-order valence-electron chi connectivity index (χ2n) is 14.7. The number of hydrogen-bond donors (Lipinski definition) is 5. The van der Waals surface area contributed by atoms with Crippen LogP contribution < -0.4 is 14.2 Å². The van der Waals surface area contributed by atoms with Crippen LogP contribution in [0.2, 0.25) is 0 Å². The van der Waals surface area contributed by atoms with Gasteiger partial charge in [-0.25, -0.2) is 5.26 Å². The number of nitrogens with zero attached hydrogens (tertiary/aromatic N) is 2. The molecule has 3 atom stereocenters. The van der Waals surface area contributed by atoms with E-state index in [1.807, 2.05) is 37.2 Å². The molecule has 1 aliphatic heterocycles. The number of aromatic hydroxyl groups is 1. The molecule has 0 aliphatic carbocycles. The van der Waals surface area contributed by atoms with Crippen molar-refractivity contribution >= 4 is 12.1 Å². The minimum absolute atomic E-state index is 0. The van der Waals surface area contributed by atoms with Gasteiger partial charge in [0.05, 0.1) is 26.9 Å². The van der Waals surface area contributed by atoms with Gasteiger partial charge in [-0.1, -0.05) is 111 Å². The van der Waals surface area contributed by atoms with Gasteiger partial charge in [0.25, 0.3) is 0 Å². The van der Waals surface area contributed by atoms with Gasteiger partial charge in [0.2, 0.25) is 6.26 Å². The number of phenols is 1. The van der Waals surface area contributed by atoms with E-state index < -0.39 is 12.0 Å². The third kappa shape index (κ3) is 27.8. The van der Waals surface area contributed by atoms with Gasteiger partial charge >= 0.3 is 5.95 Å². The molecule has 61 heavy (non-hydrogen) atoms. The second kappa shape index (κ2) is 38.4. The van der Waals surface area contributed by atoms with Gasteiger partial charge in [0.1, 0.15) is 18.4 Å². The fourth-order valence-corrected chi connectivity index (χ4v) is 6.07. The number of carbonyl (C=O) groups excluding carboxylic acids is 2. The van der Waals surface area contributed by atoms with E-state index in [2.05, 4.69) is 24.8 Å². The zero-order valence-electron chi connectivity index (χ0n) is 37.0. The molecule has 0 aromatic heterocycles. The number of rotatable bonds is 25. The van der Waals surface area contributed by atoms with Gasteiger partial charge in [0, 0.05) is 18.4 Å². The minimum atomic E-state index is -1.06. The van der Waals surface area contributed by atoms with Gasteiger partial charge in [-0.3, -0.25) is 9.69 Å². The van der Waals surface area contributed by atoms with Gasteiger partial charge in [0.15, 0.2) is 35.1 Å². The molecule has 0 amide bonds. The summed E-state index contributed by atoms with van der Waals surface area (Å²) in [6.45, 7) is 5.16. The molecule has 2 aromatic carbocycles. The largest absolute Gasteiger partial charge is 0.504 e. The third-order valence-electron chi connectivity index (χ3n) is 9.47. The fraction of sp³-hybridized carbons (Fsp3) is 0.638. The zero-order valence-corrected chi connectivity index (χ0v) is 37.0. The smallest absolute Gasteiger partial charge is 0.314 e. The molecule has 0 saturated carbocycles. The van der Waals surface area contributed by atoms with E-state index in [0.29, 0.717) is 29.7 Å². The van der Waals surface area contributed by atoms with Crippen molar-refractivity contribution in [1.82, 2.24) is 4.90 Å². The number of nitriles is 1. The van der Waals surface area contributed by atoms with E-state index in [4.69, 9.17) is 34.4 Å². The average Bonchev–Trinajstić information content (AvgIpc) is 3.24. The summed E-state index contributed by atoms with van der Waals surface area (Å²) in [6.07, 6.45) is 21.7. The third-order valence-corrected chi connectivity index (χ3v) is 9.47. The maximum atomic E-state index is 12.1. The molecule has 0 spiro atoms. The predicted molar refractivity (Wildman–Crippen MR) is 239 cm³/mol. The number of Topliss-reactive ketones (excluding diaryl/α,β-unsaturated/α-hetero) is 1. The fourth-order valence-electron chi connectivity index (χ4n) is 6.07. The predicted octanol–water partition coefficient (Wildman–Crippen LogP) is 11.2. The number of unbranched alkanes of at least 4 members (excludes halogenated alkanes) is 13. The first kappa shape index (κ1) is 58.5. The first-order chi connectivity index (χ1) is 28.9. The Morgan fingerprint density at radius 2 is 1.46 bits per heavy atom. The molecule has 5 N–H and O–H groups in total. The topological polar surface area (TPSA) is 208 Å². The van der Waals surface area contributed by atoms with Crippen molar-refractivity contribution in [2.45, 2.75) is 162 Å². The van der Waals surface area contributed by atoms with Crippen molar-refractivity contribution in [2.75, 3.05) is 34.9 Å². The maximum Gasteiger partial charge on any atom is 0.314 e. The summed E-state index contributed by atoms with van der Waals surface area (Å²) >= 11 is 0. The molecule has 1 saturated heterocycles. The van der Waals surface area contributed by atoms with Crippen molar-refractivity contribution < 1.29 is 59.1 Å². The number of ether oxygens (including phenoxy) is 4. The van der Waals surface area contributed by atoms with Crippen molar-refractivity contribution in [1.29, 1.82) is 5.26 Å². The van der Waals surface area contributed by atoms with E-state index in [9.17, 15) is 25.1 Å². The Hall–Kier alpha value is -4.55. The summed E-state index contributed by atoms with van der Waals surface area (Å²) in [5.41, 5.74) is 1.25. The molecule has 1 heterocycles. The Morgan fingerprint density at radius 1 is 0.869 bits per heavy atom. The average molecular weight is 863 g/mol. The van der Waals surface area contributed by atoms with Crippen molar-refractivity contribution in [3.63, 3.8) is 0 Å². The standard InChI is InChI=1S/C18H28O4.C16H22N2O3.C10H20O.C2H4O4.CH4/c1-3-4-5-6-7-8-9-10-16(20)18(21)14-11-12-15(19)17(13-14)22-2;1-18(2)13(11-17)12-7-8-14(15(10-12)19-3)21-16-6-4-5-9-20-16;1-2-3-4-5-6-7-8-9-10-11;3-2(4)1-6-5;/h11-13,16,19-20H,3-10H2,1-2H3;7-8,10,13,16H,4-6,9H2,1-3H3;10H,2-9H2,1H3;1,3-5H;1H4. The molecule has 2 aromatic rings. The van der Waals surface area contributed by atoms with E-state index in [-0.39, 0.29) is 37.0 Å². The normalized spacial score (nSPS) is 13.7. The molecule has 3 unspecified atom stereocenters. The quantitative estimate of drug-likeness (QED) is 0.0157. The summed E-state index contributed by atoms with van der Waals surface area (Å²) in [7, 11) is 6.78. The van der Waals surface area contributed by atoms with Crippen LogP contribution in [0, 0.1) is 11.3 Å². The van der Waals surface area contributed by atoms with Crippen LogP contribution in [0.25, 0.3) is 0 Å². The highest BCUT2D eigenvalue weighted by Gasteiger charge is 2.21. The van der Waals surface area contributed by atoms with Crippen molar-refractivity contribution in [2.24, 2.45) is 0 Å². The molecule has 1 aliphatic rings. The Labute approximate surface area is 366 Å². The van der Waals surface area contributed by atoms with Crippen LogP contribution in [0.15, 0.2) is 48.6 Å². The molecule has 3 rings (SSSR count). The molecule has 14 nitrogen and oxygen atoms in total. The molecule has 14 heteroatoms. The lowest BCUT2D eigenvalue weighted by Gasteiger charge is -2.25. The van der Waals surface area contributed by atoms with E-state index in [0.717, 1.165) is 69.8 Å². The Balaban J connectivity index is 0. The second-order valence-corrected chi connectivity index (χ2v) is 14.7. The maximum absolute atomic E-state index is 12.1. The Kier molecular flexibility index (Phi) is 36.8. The first-order valence-corrected chi connectivity index (χ1v) is 21.4. The number of aldehydes is 1. The zero-order chi connectivity index (χ0) is 45.0. The highest BCUT2D eigenvalue weighted by Crippen LogP contribution is 2.33. The van der Waals surface area contributed by atoms with Crippen LogP contribution in [-0.2, 0) is 14.4 Å². The van der Waals surface area contributed by atoms with Gasteiger partial charge in [-0.05, 0) is 75.7 Å². The number of benzene rings is 2. The van der Waals surface area contributed by atoms with E-state index >= 15 is 0 Å². The van der Waals surface area contributed by atoms with Gasteiger partial charge in [-0.15, -0.1) is 0 Å². The van der Waals surface area contributed by atoms with Crippen LogP contribution in [0.5, 0.6) is 23.0 Å². The van der Waals surface area contributed by atoms with Gasteiger partial charge in [-0.2, -0.15) is 5.26 Å². The van der Waals surface area contributed by atoms with E-state index in [1.54, 1.807) is 7.11 Å². The SMILES string of the molecule is C.CCCCCCCCCC(O)C(=O)c1ccc(O)c(OC)c1.CCCCCCCCCC=O.COc1cc(C(C#N)N(C)C)ccc1OC1CCCCO1.OOC=C(O)O. The summed E-state index contributed by atoms with van der Waals surface area (Å²) in [5.74, 6) is 0.142.